The monoisotopic (exact) mass is 195 g/mol. The number of aliphatic hydroxyl groups is 1. The lowest BCUT2D eigenvalue weighted by atomic mass is 10.5. The van der Waals surface area contributed by atoms with Gasteiger partial charge in [-0.15, -0.1) is 4.52 Å². The molecule has 70 valence electrons. The summed E-state index contributed by atoms with van der Waals surface area (Å²) in [6.07, 6.45) is 0.0644. The van der Waals surface area contributed by atoms with E-state index in [0.717, 1.165) is 0 Å². The molecule has 0 heterocycles. The molecule has 12 heavy (non-hydrogen) atoms. The van der Waals surface area contributed by atoms with Gasteiger partial charge >= 0.3 is 14.0 Å². The van der Waals surface area contributed by atoms with Gasteiger partial charge in [0.2, 0.25) is 0 Å². The Labute approximate surface area is 71.5 Å². The topological polar surface area (TPSA) is 72.8 Å². The zero-order valence-corrected chi connectivity index (χ0v) is 7.75. The summed E-state index contributed by atoms with van der Waals surface area (Å²) in [4.78, 5) is 10.7. The molecule has 0 fully saturated rings. The quantitative estimate of drug-likeness (QED) is 0.487. The molecular formula is C6H12O5P+. The van der Waals surface area contributed by atoms with Crippen LogP contribution in [0.2, 0.25) is 0 Å². The van der Waals surface area contributed by atoms with Crippen molar-refractivity contribution in [2.24, 2.45) is 0 Å². The molecule has 0 saturated heterocycles. The predicted octanol–water partition coefficient (Wildman–Crippen LogP) is 0.301. The molecule has 0 aromatic carbocycles. The van der Waals surface area contributed by atoms with Crippen molar-refractivity contribution in [1.29, 1.82) is 0 Å². The van der Waals surface area contributed by atoms with Crippen LogP contribution in [-0.4, -0.2) is 37.6 Å². The van der Waals surface area contributed by atoms with Crippen LogP contribution in [0.4, 0.5) is 0 Å². The van der Waals surface area contributed by atoms with Gasteiger partial charge in [-0.1, -0.05) is 0 Å². The van der Waals surface area contributed by atoms with Crippen LogP contribution in [0.25, 0.3) is 0 Å². The number of hydrogen-bond donors (Lipinski definition) is 1. The number of aliphatic hydroxyl groups excluding tert-OH is 1. The highest BCUT2D eigenvalue weighted by Crippen LogP contribution is 2.14. The average Bonchev–Trinajstić information content (AvgIpc) is 2.00. The van der Waals surface area contributed by atoms with E-state index in [-0.39, 0.29) is 26.2 Å². The lowest BCUT2D eigenvalue weighted by molar-refractivity contribution is -0.145. The summed E-state index contributed by atoms with van der Waals surface area (Å²) >= 11 is 0. The summed E-state index contributed by atoms with van der Waals surface area (Å²) in [5.74, 6) is -0.457. The number of rotatable bonds is 6. The third kappa shape index (κ3) is 7.60. The second-order valence-electron chi connectivity index (χ2n) is 1.97. The van der Waals surface area contributed by atoms with Crippen LogP contribution in [0.15, 0.2) is 0 Å². The van der Waals surface area contributed by atoms with Gasteiger partial charge in [0.25, 0.3) is 0 Å². The van der Waals surface area contributed by atoms with E-state index < -0.39 is 14.0 Å². The number of esters is 1. The van der Waals surface area contributed by atoms with Crippen molar-refractivity contribution in [2.75, 3.05) is 26.5 Å². The SMILES string of the molecule is C[P+](=O)OCCC(=O)OCCO. The highest BCUT2D eigenvalue weighted by atomic mass is 31.1. The summed E-state index contributed by atoms with van der Waals surface area (Å²) in [6.45, 7) is 1.32. The van der Waals surface area contributed by atoms with Crippen LogP contribution in [0.5, 0.6) is 0 Å². The molecule has 0 radical (unpaired) electrons. The predicted molar refractivity (Wildman–Crippen MR) is 42.1 cm³/mol. The lowest BCUT2D eigenvalue weighted by Crippen LogP contribution is -2.09. The van der Waals surface area contributed by atoms with Gasteiger partial charge < -0.3 is 9.84 Å². The highest BCUT2D eigenvalue weighted by molar-refractivity contribution is 7.38. The molecule has 0 aliphatic rings. The summed E-state index contributed by atoms with van der Waals surface area (Å²) in [6, 6.07) is 0. The molecule has 1 N–H and O–H groups in total. The van der Waals surface area contributed by atoms with Crippen LogP contribution in [0.3, 0.4) is 0 Å². The molecule has 0 aliphatic carbocycles. The number of hydrogen-bond acceptors (Lipinski definition) is 5. The fourth-order valence-electron chi connectivity index (χ4n) is 0.489. The van der Waals surface area contributed by atoms with Crippen molar-refractivity contribution < 1.29 is 23.7 Å². The van der Waals surface area contributed by atoms with Gasteiger partial charge in [0.1, 0.15) is 13.2 Å². The molecule has 6 heteroatoms. The maximum absolute atomic E-state index is 10.7. The Morgan fingerprint density at radius 3 is 2.67 bits per heavy atom. The summed E-state index contributed by atoms with van der Waals surface area (Å²) in [5, 5.41) is 8.27. The number of carbonyl (C=O) groups is 1. The smallest absolute Gasteiger partial charge is 0.463 e. The van der Waals surface area contributed by atoms with Crippen LogP contribution in [0, 0.1) is 0 Å². The standard InChI is InChI=1S/C6H12O5P/c1-12(9)11-4-2-6(8)10-5-3-7/h7H,2-5H2,1H3/q+1. The Kier molecular flexibility index (Phi) is 6.85. The fourth-order valence-corrected chi connectivity index (χ4v) is 0.838. The molecule has 5 nitrogen and oxygen atoms in total. The molecular weight excluding hydrogens is 183 g/mol. The molecule has 0 aromatic rings. The van der Waals surface area contributed by atoms with Gasteiger partial charge in [0.05, 0.1) is 13.0 Å². The Hall–Kier alpha value is -0.510. The summed E-state index contributed by atoms with van der Waals surface area (Å²) in [5.41, 5.74) is 0. The Morgan fingerprint density at radius 1 is 1.50 bits per heavy atom. The molecule has 0 spiro atoms. The minimum atomic E-state index is -1.65. The third-order valence-electron chi connectivity index (χ3n) is 0.934. The maximum atomic E-state index is 10.7. The van der Waals surface area contributed by atoms with E-state index in [2.05, 4.69) is 9.26 Å². The average molecular weight is 195 g/mol. The molecule has 1 unspecified atom stereocenters. The Balaban J connectivity index is 3.25. The minimum absolute atomic E-state index is 0.00288. The van der Waals surface area contributed by atoms with Gasteiger partial charge in [0, 0.05) is 0 Å². The second-order valence-corrected chi connectivity index (χ2v) is 3.10. The first-order valence-corrected chi connectivity index (χ1v) is 5.09. The molecule has 0 amide bonds. The Bertz CT molecular complexity index is 158. The first-order valence-electron chi connectivity index (χ1n) is 3.47. The van der Waals surface area contributed by atoms with Gasteiger partial charge in [0.15, 0.2) is 6.66 Å². The zero-order chi connectivity index (χ0) is 9.40. The lowest BCUT2D eigenvalue weighted by Gasteiger charge is -1.98. The molecule has 0 rings (SSSR count). The van der Waals surface area contributed by atoms with Gasteiger partial charge in [-0.25, -0.2) is 0 Å². The first kappa shape index (κ1) is 11.5. The van der Waals surface area contributed by atoms with E-state index >= 15 is 0 Å². The van der Waals surface area contributed by atoms with Crippen LogP contribution < -0.4 is 0 Å². The molecule has 0 bridgehead atoms. The molecule has 0 aromatic heterocycles. The van der Waals surface area contributed by atoms with Gasteiger partial charge in [-0.2, -0.15) is 0 Å². The van der Waals surface area contributed by atoms with Crippen LogP contribution in [-0.2, 0) is 18.6 Å². The van der Waals surface area contributed by atoms with Crippen molar-refractivity contribution in [3.63, 3.8) is 0 Å². The van der Waals surface area contributed by atoms with Crippen molar-refractivity contribution in [2.45, 2.75) is 6.42 Å². The van der Waals surface area contributed by atoms with E-state index in [9.17, 15) is 9.36 Å². The highest BCUT2D eigenvalue weighted by Gasteiger charge is 2.09. The normalized spacial score (nSPS) is 11.0. The zero-order valence-electron chi connectivity index (χ0n) is 6.86. The summed E-state index contributed by atoms with van der Waals surface area (Å²) < 4.78 is 19.5. The van der Waals surface area contributed by atoms with Gasteiger partial charge in [-0.3, -0.25) is 4.79 Å². The van der Waals surface area contributed by atoms with Crippen molar-refractivity contribution in [1.82, 2.24) is 0 Å². The summed E-state index contributed by atoms with van der Waals surface area (Å²) in [7, 11) is -1.65. The third-order valence-corrected chi connectivity index (χ3v) is 1.48. The molecule has 1 atom stereocenters. The molecule has 0 aliphatic heterocycles. The van der Waals surface area contributed by atoms with E-state index in [1.165, 1.54) is 6.66 Å². The molecule has 0 saturated carbocycles. The van der Waals surface area contributed by atoms with Crippen LogP contribution >= 0.6 is 8.03 Å². The Morgan fingerprint density at radius 2 is 2.17 bits per heavy atom. The second kappa shape index (κ2) is 7.16. The van der Waals surface area contributed by atoms with E-state index in [0.29, 0.717) is 0 Å². The van der Waals surface area contributed by atoms with Crippen molar-refractivity contribution >= 4 is 14.0 Å². The number of carbonyl (C=O) groups excluding carboxylic acids is 1. The van der Waals surface area contributed by atoms with Crippen molar-refractivity contribution in [3.05, 3.63) is 0 Å². The van der Waals surface area contributed by atoms with E-state index in [1.54, 1.807) is 0 Å². The van der Waals surface area contributed by atoms with Gasteiger partial charge in [-0.05, 0) is 4.57 Å². The largest absolute Gasteiger partial charge is 0.504 e. The van der Waals surface area contributed by atoms with E-state index in [4.69, 9.17) is 5.11 Å². The first-order chi connectivity index (χ1) is 5.66. The fraction of sp³-hybridized carbons (Fsp3) is 0.833. The van der Waals surface area contributed by atoms with Crippen molar-refractivity contribution in [3.8, 4) is 0 Å². The van der Waals surface area contributed by atoms with E-state index in [1.807, 2.05) is 0 Å². The maximum Gasteiger partial charge on any atom is 0.504 e. The number of ether oxygens (including phenoxy) is 1. The van der Waals surface area contributed by atoms with Crippen LogP contribution in [0.1, 0.15) is 6.42 Å². The minimum Gasteiger partial charge on any atom is -0.463 e.